The Hall–Kier alpha value is -1.53. The van der Waals surface area contributed by atoms with Gasteiger partial charge in [0.25, 0.3) is 5.91 Å². The lowest BCUT2D eigenvalue weighted by Crippen LogP contribution is -2.14. The van der Waals surface area contributed by atoms with E-state index in [0.29, 0.717) is 23.7 Å². The van der Waals surface area contributed by atoms with Crippen LogP contribution in [0.2, 0.25) is 0 Å². The summed E-state index contributed by atoms with van der Waals surface area (Å²) in [7, 11) is 0. The van der Waals surface area contributed by atoms with Crippen LogP contribution < -0.4 is 16.4 Å². The van der Waals surface area contributed by atoms with Gasteiger partial charge in [-0.25, -0.2) is 0 Å². The number of aromatic nitrogens is 1. The van der Waals surface area contributed by atoms with Crippen molar-refractivity contribution in [3.05, 3.63) is 18.0 Å². The standard InChI is InChI=1S/C12H18N4O2.ClH/c13-12(18)10-5-9(7-15-10)16-11(17)2-1-8-3-4-14-6-8;/h5,7-8,14-15H,1-4,6H2,(H2,13,18)(H,16,17);1H. The van der Waals surface area contributed by atoms with Crippen LogP contribution in [0.15, 0.2) is 12.3 Å². The summed E-state index contributed by atoms with van der Waals surface area (Å²) in [6.45, 7) is 2.05. The summed E-state index contributed by atoms with van der Waals surface area (Å²) in [6, 6.07) is 1.54. The van der Waals surface area contributed by atoms with Crippen LogP contribution in [0.3, 0.4) is 0 Å². The summed E-state index contributed by atoms with van der Waals surface area (Å²) >= 11 is 0. The molecule has 1 aromatic rings. The Morgan fingerprint density at radius 3 is 2.84 bits per heavy atom. The SMILES string of the molecule is Cl.NC(=O)c1cc(NC(=O)CCC2CCNC2)c[nH]1. The van der Waals surface area contributed by atoms with E-state index in [9.17, 15) is 9.59 Å². The summed E-state index contributed by atoms with van der Waals surface area (Å²) in [6.07, 6.45) is 4.10. The predicted octanol–water partition coefficient (Wildman–Crippen LogP) is 0.864. The van der Waals surface area contributed by atoms with Crippen LogP contribution in [0.25, 0.3) is 0 Å². The van der Waals surface area contributed by atoms with Crippen LogP contribution in [0.1, 0.15) is 29.8 Å². The molecule has 1 unspecified atom stereocenters. The van der Waals surface area contributed by atoms with E-state index >= 15 is 0 Å². The maximum absolute atomic E-state index is 11.7. The van der Waals surface area contributed by atoms with Gasteiger partial charge < -0.3 is 21.4 Å². The lowest BCUT2D eigenvalue weighted by molar-refractivity contribution is -0.116. The van der Waals surface area contributed by atoms with Crippen molar-refractivity contribution in [2.24, 2.45) is 11.7 Å². The molecule has 5 N–H and O–H groups in total. The molecule has 1 aromatic heterocycles. The van der Waals surface area contributed by atoms with Gasteiger partial charge >= 0.3 is 0 Å². The minimum Gasteiger partial charge on any atom is -0.364 e. The number of halogens is 1. The van der Waals surface area contributed by atoms with Gasteiger partial charge in [0.1, 0.15) is 5.69 Å². The van der Waals surface area contributed by atoms with E-state index in [-0.39, 0.29) is 18.3 Å². The summed E-state index contributed by atoms with van der Waals surface area (Å²) in [4.78, 5) is 25.3. The van der Waals surface area contributed by atoms with Gasteiger partial charge in [0.15, 0.2) is 0 Å². The molecule has 106 valence electrons. The molecule has 1 aliphatic heterocycles. The third kappa shape index (κ3) is 4.57. The van der Waals surface area contributed by atoms with E-state index in [1.165, 1.54) is 6.07 Å². The minimum absolute atomic E-state index is 0. The minimum atomic E-state index is -0.535. The first kappa shape index (κ1) is 15.5. The molecule has 0 saturated carbocycles. The van der Waals surface area contributed by atoms with E-state index < -0.39 is 5.91 Å². The molecule has 0 aromatic carbocycles. The van der Waals surface area contributed by atoms with Crippen molar-refractivity contribution in [3.63, 3.8) is 0 Å². The topological polar surface area (TPSA) is 100 Å². The fourth-order valence-electron chi connectivity index (χ4n) is 2.13. The first-order valence-electron chi connectivity index (χ1n) is 6.14. The highest BCUT2D eigenvalue weighted by atomic mass is 35.5. The number of nitrogens with one attached hydrogen (secondary N) is 3. The van der Waals surface area contributed by atoms with E-state index in [1.54, 1.807) is 6.20 Å². The molecule has 19 heavy (non-hydrogen) atoms. The Morgan fingerprint density at radius 1 is 1.47 bits per heavy atom. The van der Waals surface area contributed by atoms with Gasteiger partial charge in [0.2, 0.25) is 5.91 Å². The molecular weight excluding hydrogens is 268 g/mol. The van der Waals surface area contributed by atoms with E-state index in [0.717, 1.165) is 25.9 Å². The monoisotopic (exact) mass is 286 g/mol. The van der Waals surface area contributed by atoms with Gasteiger partial charge in [-0.05, 0) is 37.9 Å². The van der Waals surface area contributed by atoms with Crippen molar-refractivity contribution in [2.75, 3.05) is 18.4 Å². The predicted molar refractivity (Wildman–Crippen MR) is 75.4 cm³/mol. The Morgan fingerprint density at radius 2 is 2.26 bits per heavy atom. The third-order valence-corrected chi connectivity index (χ3v) is 3.17. The molecule has 7 heteroatoms. The molecule has 1 fully saturated rings. The molecule has 1 saturated heterocycles. The van der Waals surface area contributed by atoms with Crippen molar-refractivity contribution >= 4 is 29.9 Å². The van der Waals surface area contributed by atoms with E-state index in [2.05, 4.69) is 15.6 Å². The first-order valence-corrected chi connectivity index (χ1v) is 6.14. The number of carbonyl (C=O) groups is 2. The quantitative estimate of drug-likeness (QED) is 0.646. The molecule has 0 bridgehead atoms. The van der Waals surface area contributed by atoms with Crippen molar-refractivity contribution < 1.29 is 9.59 Å². The molecule has 1 aliphatic rings. The Labute approximate surface area is 117 Å². The smallest absolute Gasteiger partial charge is 0.265 e. The number of amides is 2. The number of hydrogen-bond acceptors (Lipinski definition) is 3. The average molecular weight is 287 g/mol. The number of anilines is 1. The molecule has 0 spiro atoms. The number of nitrogens with two attached hydrogens (primary N) is 1. The fraction of sp³-hybridized carbons (Fsp3) is 0.500. The van der Waals surface area contributed by atoms with Gasteiger partial charge in [0.05, 0.1) is 5.69 Å². The molecule has 1 atom stereocenters. The molecule has 2 heterocycles. The van der Waals surface area contributed by atoms with Crippen molar-refractivity contribution in [1.82, 2.24) is 10.3 Å². The van der Waals surface area contributed by atoms with Gasteiger partial charge in [-0.2, -0.15) is 0 Å². The van der Waals surface area contributed by atoms with E-state index in [1.807, 2.05) is 0 Å². The second kappa shape index (κ2) is 7.16. The summed E-state index contributed by atoms with van der Waals surface area (Å²) < 4.78 is 0. The van der Waals surface area contributed by atoms with E-state index in [4.69, 9.17) is 5.73 Å². The zero-order valence-corrected chi connectivity index (χ0v) is 11.4. The summed E-state index contributed by atoms with van der Waals surface area (Å²) in [5.74, 6) is 0.0348. The third-order valence-electron chi connectivity index (χ3n) is 3.17. The second-order valence-corrected chi connectivity index (χ2v) is 4.61. The maximum atomic E-state index is 11.7. The highest BCUT2D eigenvalue weighted by Gasteiger charge is 2.16. The highest BCUT2D eigenvalue weighted by molar-refractivity contribution is 5.95. The number of hydrogen-bond donors (Lipinski definition) is 4. The zero-order valence-electron chi connectivity index (χ0n) is 10.6. The van der Waals surface area contributed by atoms with Crippen molar-refractivity contribution in [3.8, 4) is 0 Å². The largest absolute Gasteiger partial charge is 0.364 e. The average Bonchev–Trinajstić information content (AvgIpc) is 2.96. The molecule has 0 aliphatic carbocycles. The lowest BCUT2D eigenvalue weighted by atomic mass is 10.0. The molecular formula is C12H19ClN4O2. The fourth-order valence-corrected chi connectivity index (χ4v) is 2.13. The normalized spacial score (nSPS) is 17.8. The second-order valence-electron chi connectivity index (χ2n) is 4.61. The summed E-state index contributed by atoms with van der Waals surface area (Å²) in [5.41, 5.74) is 5.99. The van der Waals surface area contributed by atoms with Gasteiger partial charge in [-0.15, -0.1) is 12.4 Å². The maximum Gasteiger partial charge on any atom is 0.265 e. The first-order chi connectivity index (χ1) is 8.65. The summed E-state index contributed by atoms with van der Waals surface area (Å²) in [5, 5.41) is 6.02. The number of primary amides is 1. The van der Waals surface area contributed by atoms with Crippen LogP contribution in [-0.4, -0.2) is 29.9 Å². The molecule has 2 rings (SSSR count). The van der Waals surface area contributed by atoms with Gasteiger partial charge in [-0.3, -0.25) is 9.59 Å². The number of H-pyrrole nitrogens is 1. The zero-order chi connectivity index (χ0) is 13.0. The van der Waals surface area contributed by atoms with Crippen molar-refractivity contribution in [2.45, 2.75) is 19.3 Å². The van der Waals surface area contributed by atoms with Gasteiger partial charge in [0, 0.05) is 12.6 Å². The van der Waals surface area contributed by atoms with Gasteiger partial charge in [-0.1, -0.05) is 0 Å². The Bertz CT molecular complexity index is 441. The van der Waals surface area contributed by atoms with Crippen LogP contribution in [0.5, 0.6) is 0 Å². The van der Waals surface area contributed by atoms with Crippen LogP contribution in [-0.2, 0) is 4.79 Å². The highest BCUT2D eigenvalue weighted by Crippen LogP contribution is 2.15. The van der Waals surface area contributed by atoms with Crippen LogP contribution >= 0.6 is 12.4 Å². The molecule has 0 radical (unpaired) electrons. The molecule has 2 amide bonds. The lowest BCUT2D eigenvalue weighted by Gasteiger charge is -2.07. The van der Waals surface area contributed by atoms with Crippen LogP contribution in [0.4, 0.5) is 5.69 Å². The number of aromatic amines is 1. The number of carbonyl (C=O) groups excluding carboxylic acids is 2. The van der Waals surface area contributed by atoms with Crippen molar-refractivity contribution in [1.29, 1.82) is 0 Å². The number of rotatable bonds is 5. The van der Waals surface area contributed by atoms with Crippen LogP contribution in [0, 0.1) is 5.92 Å². The molecule has 6 nitrogen and oxygen atoms in total. The Kier molecular flexibility index (Phi) is 5.85. The Balaban J connectivity index is 0.00000180.